The summed E-state index contributed by atoms with van der Waals surface area (Å²) in [5.41, 5.74) is 0.507. The molecule has 1 aliphatic rings. The van der Waals surface area contributed by atoms with Crippen LogP contribution in [0.15, 0.2) is 29.5 Å². The molecule has 0 saturated carbocycles. The van der Waals surface area contributed by atoms with Gasteiger partial charge in [0.2, 0.25) is 0 Å². The van der Waals surface area contributed by atoms with Crippen LogP contribution < -0.4 is 0 Å². The molecule has 0 aromatic carbocycles. The third-order valence-corrected chi connectivity index (χ3v) is 1.88. The zero-order valence-corrected chi connectivity index (χ0v) is 9.43. The Hall–Kier alpha value is -1.38. The molecule has 0 N–H and O–H groups in total. The van der Waals surface area contributed by atoms with E-state index in [-0.39, 0.29) is 11.5 Å². The van der Waals surface area contributed by atoms with Gasteiger partial charge in [-0.2, -0.15) is 0 Å². The normalized spacial score (nSPS) is 23.1. The van der Waals surface area contributed by atoms with Crippen molar-refractivity contribution in [2.75, 3.05) is 0 Å². The van der Waals surface area contributed by atoms with E-state index in [0.717, 1.165) is 12.0 Å². The molecule has 1 rings (SSSR count). The molecule has 15 heavy (non-hydrogen) atoms. The van der Waals surface area contributed by atoms with E-state index in [9.17, 15) is 4.79 Å². The number of hydrogen-bond donors (Lipinski definition) is 0. The summed E-state index contributed by atoms with van der Waals surface area (Å²) in [6.07, 6.45) is 9.00. The highest BCUT2D eigenvalue weighted by Crippen LogP contribution is 2.15. The summed E-state index contributed by atoms with van der Waals surface area (Å²) in [4.78, 5) is 15.8. The maximum absolute atomic E-state index is 10.5. The first-order chi connectivity index (χ1) is 7.03. The molecule has 0 radical (unpaired) electrons. The van der Waals surface area contributed by atoms with Crippen molar-refractivity contribution >= 4 is 12.0 Å². The van der Waals surface area contributed by atoms with Gasteiger partial charge in [-0.3, -0.25) is 0 Å². The molecule has 0 bridgehead atoms. The quantitative estimate of drug-likeness (QED) is 0.526. The van der Waals surface area contributed by atoms with Gasteiger partial charge in [-0.25, -0.2) is 0 Å². The van der Waals surface area contributed by atoms with Crippen LogP contribution in [0.5, 0.6) is 0 Å². The molecule has 1 atom stereocenters. The molecule has 3 heteroatoms. The molecular formula is C12H17NO2. The lowest BCUT2D eigenvalue weighted by Gasteiger charge is -2.18. The lowest BCUT2D eigenvalue weighted by molar-refractivity contribution is -0.108. The van der Waals surface area contributed by atoms with Crippen LogP contribution in [-0.4, -0.2) is 17.6 Å². The van der Waals surface area contributed by atoms with Crippen molar-refractivity contribution in [1.29, 1.82) is 0 Å². The maximum atomic E-state index is 10.5. The Morgan fingerprint density at radius 3 is 2.80 bits per heavy atom. The first-order valence-electron chi connectivity index (χ1n) is 5.07. The average Bonchev–Trinajstić information content (AvgIpc) is 2.16. The van der Waals surface area contributed by atoms with Gasteiger partial charge in [0.1, 0.15) is 11.9 Å². The van der Waals surface area contributed by atoms with E-state index in [1.54, 1.807) is 0 Å². The van der Waals surface area contributed by atoms with E-state index >= 15 is 0 Å². The van der Waals surface area contributed by atoms with Crippen molar-refractivity contribution in [2.45, 2.75) is 32.8 Å². The fourth-order valence-electron chi connectivity index (χ4n) is 1.17. The van der Waals surface area contributed by atoms with E-state index in [1.165, 1.54) is 0 Å². The van der Waals surface area contributed by atoms with E-state index < -0.39 is 0 Å². The van der Waals surface area contributed by atoms with Crippen LogP contribution in [0.1, 0.15) is 27.2 Å². The number of allylic oxidation sites excluding steroid dienone is 4. The molecule has 0 fully saturated rings. The summed E-state index contributed by atoms with van der Waals surface area (Å²) in [7, 11) is 0. The summed E-state index contributed by atoms with van der Waals surface area (Å²) in [6.45, 7) is 5.82. The standard InChI is InChI=1S/C12H17NO2/c1-12(2,3)15-13-11-7-5-4-6-10(11)8-9-14/h4-7,9-10H,8H2,1-3H3/b13-11-. The molecule has 3 nitrogen and oxygen atoms in total. The summed E-state index contributed by atoms with van der Waals surface area (Å²) in [5, 5.41) is 4.07. The van der Waals surface area contributed by atoms with E-state index in [2.05, 4.69) is 5.16 Å². The molecule has 82 valence electrons. The Balaban J connectivity index is 2.69. The van der Waals surface area contributed by atoms with Crippen LogP contribution in [0.2, 0.25) is 0 Å². The van der Waals surface area contributed by atoms with Crippen molar-refractivity contribution in [3.8, 4) is 0 Å². The predicted octanol–water partition coefficient (Wildman–Crippen LogP) is 2.49. The Labute approximate surface area is 90.5 Å². The predicted molar refractivity (Wildman–Crippen MR) is 60.7 cm³/mol. The average molecular weight is 207 g/mol. The van der Waals surface area contributed by atoms with Crippen molar-refractivity contribution in [2.24, 2.45) is 11.1 Å². The van der Waals surface area contributed by atoms with Gasteiger partial charge in [0.15, 0.2) is 0 Å². The minimum atomic E-state index is -0.298. The highest BCUT2D eigenvalue weighted by Gasteiger charge is 2.16. The number of rotatable bonds is 3. The van der Waals surface area contributed by atoms with Crippen molar-refractivity contribution in [3.63, 3.8) is 0 Å². The lowest BCUT2D eigenvalue weighted by Crippen LogP contribution is -2.19. The fraction of sp³-hybridized carbons (Fsp3) is 0.500. The third kappa shape index (κ3) is 4.11. The second-order valence-corrected chi connectivity index (χ2v) is 4.47. The number of carbonyl (C=O) groups is 1. The Morgan fingerprint density at radius 1 is 1.47 bits per heavy atom. The Morgan fingerprint density at radius 2 is 2.20 bits per heavy atom. The smallest absolute Gasteiger partial charge is 0.129 e. The first-order valence-corrected chi connectivity index (χ1v) is 5.07. The Bertz CT molecular complexity index is 308. The number of oxime groups is 1. The molecule has 0 amide bonds. The summed E-state index contributed by atoms with van der Waals surface area (Å²) < 4.78 is 0. The van der Waals surface area contributed by atoms with Crippen molar-refractivity contribution in [3.05, 3.63) is 24.3 Å². The van der Waals surface area contributed by atoms with Gasteiger partial charge >= 0.3 is 0 Å². The molecular weight excluding hydrogens is 190 g/mol. The highest BCUT2D eigenvalue weighted by molar-refractivity contribution is 5.99. The van der Waals surface area contributed by atoms with Crippen LogP contribution in [0.4, 0.5) is 0 Å². The second-order valence-electron chi connectivity index (χ2n) is 4.47. The topological polar surface area (TPSA) is 38.7 Å². The van der Waals surface area contributed by atoms with E-state index in [0.29, 0.717) is 6.42 Å². The maximum Gasteiger partial charge on any atom is 0.129 e. The van der Waals surface area contributed by atoms with Gasteiger partial charge in [0, 0.05) is 12.3 Å². The van der Waals surface area contributed by atoms with Crippen LogP contribution in [-0.2, 0) is 9.63 Å². The second kappa shape index (κ2) is 4.91. The minimum Gasteiger partial charge on any atom is -0.390 e. The number of aldehydes is 1. The largest absolute Gasteiger partial charge is 0.390 e. The third-order valence-electron chi connectivity index (χ3n) is 1.88. The van der Waals surface area contributed by atoms with Gasteiger partial charge in [-0.05, 0) is 26.8 Å². The monoisotopic (exact) mass is 207 g/mol. The van der Waals surface area contributed by atoms with Crippen molar-refractivity contribution in [1.82, 2.24) is 0 Å². The summed E-state index contributed by atoms with van der Waals surface area (Å²) in [6, 6.07) is 0. The van der Waals surface area contributed by atoms with Crippen molar-refractivity contribution < 1.29 is 9.63 Å². The minimum absolute atomic E-state index is 0.0508. The lowest BCUT2D eigenvalue weighted by atomic mass is 9.96. The molecule has 0 heterocycles. The van der Waals surface area contributed by atoms with Crippen LogP contribution in [0.3, 0.4) is 0 Å². The molecule has 1 aliphatic carbocycles. The molecule has 0 aromatic heterocycles. The zero-order chi connectivity index (χ0) is 11.3. The van der Waals surface area contributed by atoms with Gasteiger partial charge in [-0.15, -0.1) is 0 Å². The highest BCUT2D eigenvalue weighted by atomic mass is 16.6. The van der Waals surface area contributed by atoms with E-state index in [1.807, 2.05) is 45.1 Å². The number of nitrogens with zero attached hydrogens (tertiary/aromatic N) is 1. The number of carbonyl (C=O) groups excluding carboxylic acids is 1. The molecule has 1 unspecified atom stereocenters. The van der Waals surface area contributed by atoms with E-state index in [4.69, 9.17) is 4.84 Å². The molecule has 0 saturated heterocycles. The number of hydrogen-bond acceptors (Lipinski definition) is 3. The van der Waals surface area contributed by atoms with Crippen LogP contribution in [0, 0.1) is 5.92 Å². The first kappa shape index (κ1) is 11.7. The van der Waals surface area contributed by atoms with Gasteiger partial charge < -0.3 is 9.63 Å². The van der Waals surface area contributed by atoms with Gasteiger partial charge in [0.05, 0.1) is 5.71 Å². The molecule has 0 spiro atoms. The zero-order valence-electron chi connectivity index (χ0n) is 9.43. The SMILES string of the molecule is CC(C)(C)O/N=C1/C=CC=CC1CC=O. The summed E-state index contributed by atoms with van der Waals surface area (Å²) in [5.74, 6) is 0.0508. The molecule has 0 aromatic rings. The van der Waals surface area contributed by atoms with Gasteiger partial charge in [0.25, 0.3) is 0 Å². The molecule has 0 aliphatic heterocycles. The van der Waals surface area contributed by atoms with Crippen LogP contribution >= 0.6 is 0 Å². The summed E-state index contributed by atoms with van der Waals surface area (Å²) >= 11 is 0. The fourth-order valence-corrected chi connectivity index (χ4v) is 1.17. The van der Waals surface area contributed by atoms with Crippen LogP contribution in [0.25, 0.3) is 0 Å². The Kier molecular flexibility index (Phi) is 3.83. The van der Waals surface area contributed by atoms with Gasteiger partial charge in [-0.1, -0.05) is 23.4 Å².